The second-order valence-corrected chi connectivity index (χ2v) is 5.85. The van der Waals surface area contributed by atoms with Gasteiger partial charge in [-0.25, -0.2) is 0 Å². The van der Waals surface area contributed by atoms with Crippen LogP contribution in [0.1, 0.15) is 63.0 Å². The predicted molar refractivity (Wildman–Crippen MR) is 78.8 cm³/mol. The van der Waals surface area contributed by atoms with Gasteiger partial charge in [0.05, 0.1) is 0 Å². The molecule has 100 valence electrons. The first-order valence-electron chi connectivity index (χ1n) is 7.59. The molecule has 3 unspecified atom stereocenters. The summed E-state index contributed by atoms with van der Waals surface area (Å²) in [4.78, 5) is 0. The molecule has 0 heterocycles. The maximum Gasteiger partial charge on any atom is 0.0108 e. The summed E-state index contributed by atoms with van der Waals surface area (Å²) >= 11 is 0. The highest BCUT2D eigenvalue weighted by molar-refractivity contribution is 5.27. The second-order valence-electron chi connectivity index (χ2n) is 5.85. The molecule has 1 saturated carbocycles. The highest BCUT2D eigenvalue weighted by Gasteiger charge is 2.28. The number of rotatable bonds is 4. The van der Waals surface area contributed by atoms with E-state index in [9.17, 15) is 0 Å². The monoisotopic (exact) mass is 245 g/mol. The molecule has 1 aliphatic rings. The van der Waals surface area contributed by atoms with E-state index in [2.05, 4.69) is 38.1 Å². The van der Waals surface area contributed by atoms with Crippen molar-refractivity contribution in [1.82, 2.24) is 0 Å². The minimum Gasteiger partial charge on any atom is -0.327 e. The Balaban J connectivity index is 2.08. The standard InChI is InChI=1S/C17H27N/c1-3-5-14-6-9-15(10-7-14)16-12-13(4-2)8-11-17(16)18/h6-7,9-10,13,16-17H,3-5,8,11-12,18H2,1-2H3. The van der Waals surface area contributed by atoms with Gasteiger partial charge in [-0.3, -0.25) is 0 Å². The third kappa shape index (κ3) is 3.14. The van der Waals surface area contributed by atoms with Gasteiger partial charge in [-0.2, -0.15) is 0 Å². The lowest BCUT2D eigenvalue weighted by Gasteiger charge is -2.34. The first kappa shape index (κ1) is 13.6. The van der Waals surface area contributed by atoms with Crippen LogP contribution in [0.4, 0.5) is 0 Å². The van der Waals surface area contributed by atoms with Crippen molar-refractivity contribution in [2.45, 2.75) is 64.3 Å². The Kier molecular flexibility index (Phi) is 4.82. The van der Waals surface area contributed by atoms with E-state index in [0.717, 1.165) is 5.92 Å². The Labute approximate surface area is 112 Å². The Bertz CT molecular complexity index is 354. The van der Waals surface area contributed by atoms with Gasteiger partial charge in [-0.05, 0) is 48.6 Å². The van der Waals surface area contributed by atoms with E-state index in [4.69, 9.17) is 5.73 Å². The molecule has 0 radical (unpaired) electrons. The van der Waals surface area contributed by atoms with Crippen LogP contribution in [0.2, 0.25) is 0 Å². The molecule has 1 nitrogen and oxygen atoms in total. The van der Waals surface area contributed by atoms with Crippen LogP contribution in [-0.2, 0) is 6.42 Å². The lowest BCUT2D eigenvalue weighted by atomic mass is 9.74. The summed E-state index contributed by atoms with van der Waals surface area (Å²) in [7, 11) is 0. The van der Waals surface area contributed by atoms with Crippen molar-refractivity contribution in [3.8, 4) is 0 Å². The third-order valence-corrected chi connectivity index (χ3v) is 4.54. The molecular formula is C17H27N. The maximum absolute atomic E-state index is 6.32. The van der Waals surface area contributed by atoms with Gasteiger partial charge in [0.1, 0.15) is 0 Å². The molecule has 1 aromatic rings. The zero-order valence-corrected chi connectivity index (χ0v) is 11.9. The van der Waals surface area contributed by atoms with Gasteiger partial charge in [0.25, 0.3) is 0 Å². The number of nitrogens with two attached hydrogens (primary N) is 1. The fourth-order valence-corrected chi connectivity index (χ4v) is 3.26. The van der Waals surface area contributed by atoms with Crippen LogP contribution in [0.3, 0.4) is 0 Å². The molecule has 1 aliphatic carbocycles. The number of hydrogen-bond donors (Lipinski definition) is 1. The van der Waals surface area contributed by atoms with Crippen LogP contribution in [0.5, 0.6) is 0 Å². The van der Waals surface area contributed by atoms with Crippen molar-refractivity contribution >= 4 is 0 Å². The molecule has 0 aliphatic heterocycles. The van der Waals surface area contributed by atoms with Gasteiger partial charge < -0.3 is 5.73 Å². The minimum atomic E-state index is 0.366. The lowest BCUT2D eigenvalue weighted by Crippen LogP contribution is -2.34. The van der Waals surface area contributed by atoms with E-state index in [0.29, 0.717) is 12.0 Å². The van der Waals surface area contributed by atoms with Gasteiger partial charge in [-0.15, -0.1) is 0 Å². The molecule has 2 rings (SSSR count). The average Bonchev–Trinajstić information content (AvgIpc) is 2.41. The molecule has 0 spiro atoms. The normalized spacial score (nSPS) is 28.3. The molecule has 1 heteroatoms. The summed E-state index contributed by atoms with van der Waals surface area (Å²) < 4.78 is 0. The van der Waals surface area contributed by atoms with Gasteiger partial charge in [0, 0.05) is 6.04 Å². The summed E-state index contributed by atoms with van der Waals surface area (Å²) in [5.74, 6) is 1.46. The fraction of sp³-hybridized carbons (Fsp3) is 0.647. The molecule has 0 amide bonds. The molecule has 18 heavy (non-hydrogen) atoms. The molecule has 0 bridgehead atoms. The minimum absolute atomic E-state index is 0.366. The number of hydrogen-bond acceptors (Lipinski definition) is 1. The van der Waals surface area contributed by atoms with Crippen molar-refractivity contribution in [2.24, 2.45) is 11.7 Å². The Hall–Kier alpha value is -0.820. The van der Waals surface area contributed by atoms with Gasteiger partial charge >= 0.3 is 0 Å². The molecule has 1 fully saturated rings. The van der Waals surface area contributed by atoms with Crippen molar-refractivity contribution < 1.29 is 0 Å². The first-order valence-corrected chi connectivity index (χ1v) is 7.59. The summed E-state index contributed by atoms with van der Waals surface area (Å²) in [6, 6.07) is 9.58. The molecule has 2 N–H and O–H groups in total. The van der Waals surface area contributed by atoms with E-state index in [1.807, 2.05) is 0 Å². The second kappa shape index (κ2) is 6.38. The quantitative estimate of drug-likeness (QED) is 0.842. The Morgan fingerprint density at radius 2 is 1.83 bits per heavy atom. The topological polar surface area (TPSA) is 26.0 Å². The molecule has 1 aromatic carbocycles. The Morgan fingerprint density at radius 3 is 2.44 bits per heavy atom. The average molecular weight is 245 g/mol. The lowest BCUT2D eigenvalue weighted by molar-refractivity contribution is 0.282. The van der Waals surface area contributed by atoms with Gasteiger partial charge in [0.2, 0.25) is 0 Å². The first-order chi connectivity index (χ1) is 8.74. The van der Waals surface area contributed by atoms with E-state index in [1.54, 1.807) is 0 Å². The molecular weight excluding hydrogens is 218 g/mol. The Morgan fingerprint density at radius 1 is 1.11 bits per heavy atom. The third-order valence-electron chi connectivity index (χ3n) is 4.54. The van der Waals surface area contributed by atoms with Gasteiger partial charge in [-0.1, -0.05) is 51.0 Å². The summed E-state index contributed by atoms with van der Waals surface area (Å²) in [5.41, 5.74) is 9.24. The van der Waals surface area contributed by atoms with E-state index >= 15 is 0 Å². The number of benzene rings is 1. The van der Waals surface area contributed by atoms with Gasteiger partial charge in [0.15, 0.2) is 0 Å². The smallest absolute Gasteiger partial charge is 0.0108 e. The van der Waals surface area contributed by atoms with Crippen molar-refractivity contribution in [1.29, 1.82) is 0 Å². The van der Waals surface area contributed by atoms with Crippen molar-refractivity contribution in [2.75, 3.05) is 0 Å². The van der Waals surface area contributed by atoms with Crippen LogP contribution in [0, 0.1) is 5.92 Å². The maximum atomic E-state index is 6.32. The van der Waals surface area contributed by atoms with E-state index in [-0.39, 0.29) is 0 Å². The summed E-state index contributed by atoms with van der Waals surface area (Å²) in [6.07, 6.45) is 7.51. The van der Waals surface area contributed by atoms with Crippen LogP contribution < -0.4 is 5.73 Å². The molecule has 0 aromatic heterocycles. The highest BCUT2D eigenvalue weighted by Crippen LogP contribution is 2.36. The summed E-state index contributed by atoms with van der Waals surface area (Å²) in [6.45, 7) is 4.54. The number of aryl methyl sites for hydroxylation is 1. The molecule has 0 saturated heterocycles. The van der Waals surface area contributed by atoms with E-state index < -0.39 is 0 Å². The van der Waals surface area contributed by atoms with Crippen LogP contribution in [0.15, 0.2) is 24.3 Å². The largest absolute Gasteiger partial charge is 0.327 e. The SMILES string of the molecule is CCCc1ccc(C2CC(CC)CCC2N)cc1. The predicted octanol–water partition coefficient (Wildman–Crippen LogP) is 4.26. The highest BCUT2D eigenvalue weighted by atomic mass is 14.7. The van der Waals surface area contributed by atoms with Crippen molar-refractivity contribution in [3.05, 3.63) is 35.4 Å². The zero-order valence-electron chi connectivity index (χ0n) is 11.9. The van der Waals surface area contributed by atoms with Crippen LogP contribution in [0.25, 0.3) is 0 Å². The fourth-order valence-electron chi connectivity index (χ4n) is 3.26. The summed E-state index contributed by atoms with van der Waals surface area (Å²) in [5, 5.41) is 0. The molecule has 3 atom stereocenters. The van der Waals surface area contributed by atoms with Crippen LogP contribution in [-0.4, -0.2) is 6.04 Å². The van der Waals surface area contributed by atoms with E-state index in [1.165, 1.54) is 49.7 Å². The zero-order chi connectivity index (χ0) is 13.0. The van der Waals surface area contributed by atoms with Crippen LogP contribution >= 0.6 is 0 Å². The van der Waals surface area contributed by atoms with Crippen molar-refractivity contribution in [3.63, 3.8) is 0 Å².